The first kappa shape index (κ1) is 15.2. The topological polar surface area (TPSA) is 72.5 Å². The summed E-state index contributed by atoms with van der Waals surface area (Å²) in [5.41, 5.74) is 5.57. The molecular weight excluding hydrogens is 194 g/mol. The van der Waals surface area contributed by atoms with E-state index in [1.165, 1.54) is 0 Å². The monoisotopic (exact) mass is 211 g/mol. The van der Waals surface area contributed by atoms with Gasteiger partial charge in [-0.15, -0.1) is 12.4 Å². The Morgan fingerprint density at radius 1 is 1.62 bits per heavy atom. The Morgan fingerprint density at radius 2 is 2.23 bits per heavy atom. The highest BCUT2D eigenvalue weighted by Gasteiger charge is 1.99. The van der Waals surface area contributed by atoms with Crippen LogP contribution < -0.4 is 5.73 Å². The van der Waals surface area contributed by atoms with Gasteiger partial charge in [0, 0.05) is 19.1 Å². The molecule has 0 fully saturated rings. The van der Waals surface area contributed by atoms with Crippen molar-refractivity contribution >= 4 is 18.4 Å². The standard InChI is InChI=1S/C8H17NO3.ClH/c1-2-7(9)6-12-5-3-4-8(10)11;/h7H,2-6,9H2,1H3,(H,10,11);1H. The number of hydrogen-bond acceptors (Lipinski definition) is 3. The molecule has 13 heavy (non-hydrogen) atoms. The zero-order chi connectivity index (χ0) is 9.40. The molecule has 0 saturated heterocycles. The minimum Gasteiger partial charge on any atom is -0.481 e. The first-order valence-electron chi connectivity index (χ1n) is 4.22. The maximum Gasteiger partial charge on any atom is 0.303 e. The van der Waals surface area contributed by atoms with Gasteiger partial charge in [0.15, 0.2) is 0 Å². The number of ether oxygens (including phenoxy) is 1. The number of carbonyl (C=O) groups is 1. The van der Waals surface area contributed by atoms with Crippen LogP contribution in [0.1, 0.15) is 26.2 Å². The molecule has 80 valence electrons. The predicted molar refractivity (Wildman–Crippen MR) is 53.2 cm³/mol. The lowest BCUT2D eigenvalue weighted by molar-refractivity contribution is -0.137. The van der Waals surface area contributed by atoms with Crippen LogP contribution in [0.15, 0.2) is 0 Å². The van der Waals surface area contributed by atoms with Gasteiger partial charge in [0.25, 0.3) is 0 Å². The zero-order valence-electron chi connectivity index (χ0n) is 7.86. The Hall–Kier alpha value is -0.320. The highest BCUT2D eigenvalue weighted by molar-refractivity contribution is 5.85. The zero-order valence-corrected chi connectivity index (χ0v) is 8.68. The third-order valence-electron chi connectivity index (χ3n) is 1.54. The average molecular weight is 212 g/mol. The number of aliphatic carboxylic acids is 1. The van der Waals surface area contributed by atoms with E-state index < -0.39 is 5.97 Å². The summed E-state index contributed by atoms with van der Waals surface area (Å²) in [6.07, 6.45) is 1.62. The number of hydrogen-bond donors (Lipinski definition) is 2. The molecular formula is C8H18ClNO3. The van der Waals surface area contributed by atoms with Gasteiger partial charge in [-0.05, 0) is 12.8 Å². The van der Waals surface area contributed by atoms with Crippen LogP contribution in [0, 0.1) is 0 Å². The van der Waals surface area contributed by atoms with Gasteiger partial charge in [-0.3, -0.25) is 4.79 Å². The Labute approximate surface area is 84.9 Å². The molecule has 4 nitrogen and oxygen atoms in total. The molecule has 0 radical (unpaired) electrons. The van der Waals surface area contributed by atoms with Crippen LogP contribution in [0.25, 0.3) is 0 Å². The minimum atomic E-state index is -0.779. The maximum atomic E-state index is 10.1. The van der Waals surface area contributed by atoms with E-state index in [4.69, 9.17) is 15.6 Å². The molecule has 0 aliphatic heterocycles. The molecule has 1 atom stereocenters. The van der Waals surface area contributed by atoms with E-state index in [-0.39, 0.29) is 24.9 Å². The van der Waals surface area contributed by atoms with Crippen molar-refractivity contribution in [2.24, 2.45) is 5.73 Å². The van der Waals surface area contributed by atoms with Crippen molar-refractivity contribution in [3.05, 3.63) is 0 Å². The molecule has 0 aromatic heterocycles. The van der Waals surface area contributed by atoms with Crippen LogP contribution in [0.4, 0.5) is 0 Å². The summed E-state index contributed by atoms with van der Waals surface area (Å²) in [7, 11) is 0. The molecule has 5 heteroatoms. The van der Waals surface area contributed by atoms with Crippen molar-refractivity contribution in [3.8, 4) is 0 Å². The van der Waals surface area contributed by atoms with Gasteiger partial charge in [-0.1, -0.05) is 6.92 Å². The van der Waals surface area contributed by atoms with Crippen LogP contribution >= 0.6 is 12.4 Å². The van der Waals surface area contributed by atoms with Gasteiger partial charge in [0.2, 0.25) is 0 Å². The minimum absolute atomic E-state index is 0. The molecule has 0 bridgehead atoms. The predicted octanol–water partition coefficient (Wildman–Crippen LogP) is 1.03. The molecule has 3 N–H and O–H groups in total. The molecule has 0 saturated carbocycles. The lowest BCUT2D eigenvalue weighted by Crippen LogP contribution is -2.25. The van der Waals surface area contributed by atoms with Crippen molar-refractivity contribution in [1.29, 1.82) is 0 Å². The lowest BCUT2D eigenvalue weighted by atomic mass is 10.2. The summed E-state index contributed by atoms with van der Waals surface area (Å²) in [4.78, 5) is 10.1. The summed E-state index contributed by atoms with van der Waals surface area (Å²) in [5.74, 6) is -0.779. The quantitative estimate of drug-likeness (QED) is 0.617. The summed E-state index contributed by atoms with van der Waals surface area (Å²) < 4.78 is 5.15. The Bertz CT molecular complexity index is 133. The van der Waals surface area contributed by atoms with E-state index >= 15 is 0 Å². The first-order chi connectivity index (χ1) is 5.66. The molecule has 0 heterocycles. The summed E-state index contributed by atoms with van der Waals surface area (Å²) in [5, 5.41) is 8.29. The van der Waals surface area contributed by atoms with Crippen LogP contribution in [-0.4, -0.2) is 30.3 Å². The highest BCUT2D eigenvalue weighted by atomic mass is 35.5. The van der Waals surface area contributed by atoms with E-state index in [0.29, 0.717) is 19.6 Å². The Morgan fingerprint density at radius 3 is 2.69 bits per heavy atom. The fourth-order valence-electron chi connectivity index (χ4n) is 0.678. The van der Waals surface area contributed by atoms with E-state index in [1.54, 1.807) is 0 Å². The van der Waals surface area contributed by atoms with Crippen molar-refractivity contribution in [3.63, 3.8) is 0 Å². The molecule has 0 aromatic rings. The summed E-state index contributed by atoms with van der Waals surface area (Å²) in [6, 6.07) is 0.0785. The lowest BCUT2D eigenvalue weighted by Gasteiger charge is -2.08. The molecule has 1 unspecified atom stereocenters. The number of rotatable bonds is 7. The van der Waals surface area contributed by atoms with Gasteiger partial charge >= 0.3 is 5.97 Å². The second-order valence-corrected chi connectivity index (χ2v) is 2.74. The molecule has 0 aliphatic rings. The average Bonchev–Trinajstić information content (AvgIpc) is 2.03. The van der Waals surface area contributed by atoms with E-state index in [9.17, 15) is 4.79 Å². The second kappa shape index (κ2) is 9.77. The first-order valence-corrected chi connectivity index (χ1v) is 4.22. The van der Waals surface area contributed by atoms with Crippen LogP contribution in [0.5, 0.6) is 0 Å². The van der Waals surface area contributed by atoms with E-state index in [2.05, 4.69) is 0 Å². The Balaban J connectivity index is 0. The molecule has 0 aromatic carbocycles. The molecule has 0 amide bonds. The van der Waals surface area contributed by atoms with Crippen LogP contribution in [-0.2, 0) is 9.53 Å². The molecule has 0 aliphatic carbocycles. The Kier molecular flexibility index (Phi) is 11.4. The summed E-state index contributed by atoms with van der Waals surface area (Å²) >= 11 is 0. The third kappa shape index (κ3) is 11.7. The largest absolute Gasteiger partial charge is 0.481 e. The van der Waals surface area contributed by atoms with Gasteiger partial charge in [0.1, 0.15) is 0 Å². The molecule has 0 rings (SSSR count). The van der Waals surface area contributed by atoms with Gasteiger partial charge < -0.3 is 15.6 Å². The fourth-order valence-corrected chi connectivity index (χ4v) is 0.678. The van der Waals surface area contributed by atoms with Crippen molar-refractivity contribution < 1.29 is 14.6 Å². The third-order valence-corrected chi connectivity index (χ3v) is 1.54. The van der Waals surface area contributed by atoms with Crippen molar-refractivity contribution in [2.45, 2.75) is 32.2 Å². The van der Waals surface area contributed by atoms with Crippen LogP contribution in [0.2, 0.25) is 0 Å². The smallest absolute Gasteiger partial charge is 0.303 e. The summed E-state index contributed by atoms with van der Waals surface area (Å²) in [6.45, 7) is 3.00. The normalized spacial score (nSPS) is 11.8. The number of nitrogens with two attached hydrogens (primary N) is 1. The van der Waals surface area contributed by atoms with Gasteiger partial charge in [-0.2, -0.15) is 0 Å². The maximum absolute atomic E-state index is 10.1. The number of carboxylic acid groups (broad SMARTS) is 1. The van der Waals surface area contributed by atoms with Crippen LogP contribution in [0.3, 0.4) is 0 Å². The number of halogens is 1. The van der Waals surface area contributed by atoms with Crippen molar-refractivity contribution in [1.82, 2.24) is 0 Å². The van der Waals surface area contributed by atoms with Gasteiger partial charge in [0.05, 0.1) is 6.61 Å². The SMILES string of the molecule is CCC(N)COCCCC(=O)O.Cl. The van der Waals surface area contributed by atoms with E-state index in [1.807, 2.05) is 6.92 Å². The van der Waals surface area contributed by atoms with E-state index in [0.717, 1.165) is 6.42 Å². The second-order valence-electron chi connectivity index (χ2n) is 2.74. The molecule has 0 spiro atoms. The highest BCUT2D eigenvalue weighted by Crippen LogP contribution is 1.92. The van der Waals surface area contributed by atoms with Crippen molar-refractivity contribution in [2.75, 3.05) is 13.2 Å². The number of carboxylic acids is 1. The fraction of sp³-hybridized carbons (Fsp3) is 0.875. The van der Waals surface area contributed by atoms with Gasteiger partial charge in [-0.25, -0.2) is 0 Å².